The Bertz CT molecular complexity index is 950. The molecule has 1 N–H and O–H groups in total. The molecule has 0 spiro atoms. The molecule has 2 amide bonds. The summed E-state index contributed by atoms with van der Waals surface area (Å²) >= 11 is 1.62. The second-order valence-electron chi connectivity index (χ2n) is 5.90. The molecule has 1 fully saturated rings. The lowest BCUT2D eigenvalue weighted by Gasteiger charge is -2.37. The van der Waals surface area contributed by atoms with Crippen molar-refractivity contribution in [2.45, 2.75) is 6.92 Å². The van der Waals surface area contributed by atoms with Crippen LogP contribution in [0.2, 0.25) is 0 Å². The molecule has 0 unspecified atom stereocenters. The van der Waals surface area contributed by atoms with Crippen LogP contribution in [-0.4, -0.2) is 44.8 Å². The van der Waals surface area contributed by atoms with Gasteiger partial charge in [0.05, 0.1) is 27.3 Å². The van der Waals surface area contributed by atoms with E-state index in [2.05, 4.69) is 20.3 Å². The zero-order chi connectivity index (χ0) is 17.4. The average Bonchev–Trinajstić information content (AvgIpc) is 2.93. The topological polar surface area (TPSA) is 88.1 Å². The molecule has 4 rings (SSSR count). The maximum Gasteiger partial charge on any atom is 0.274 e. The lowest BCUT2D eigenvalue weighted by atomic mass is 9.98. The molecule has 3 heterocycles. The van der Waals surface area contributed by atoms with Gasteiger partial charge in [-0.05, 0) is 25.1 Å². The molecule has 1 aliphatic rings. The van der Waals surface area contributed by atoms with Gasteiger partial charge in [0.15, 0.2) is 0 Å². The molecule has 25 heavy (non-hydrogen) atoms. The lowest BCUT2D eigenvalue weighted by Crippen LogP contribution is -2.54. The standard InChI is InChI=1S/C17H15N5O2S/c1-10-20-13-6-12(2-3-15(13)25-10)21-16(23)11-8-22(9-11)17(24)14-7-18-4-5-19-14/h2-7,11H,8-9H2,1H3,(H,21,23). The monoisotopic (exact) mass is 353 g/mol. The fourth-order valence-corrected chi connectivity index (χ4v) is 3.55. The van der Waals surface area contributed by atoms with Gasteiger partial charge >= 0.3 is 0 Å². The van der Waals surface area contributed by atoms with Crippen LogP contribution in [-0.2, 0) is 4.79 Å². The Morgan fingerprint density at radius 3 is 2.88 bits per heavy atom. The summed E-state index contributed by atoms with van der Waals surface area (Å²) in [6.45, 7) is 2.73. The molecule has 1 saturated heterocycles. The number of likely N-dealkylation sites (tertiary alicyclic amines) is 1. The number of aryl methyl sites for hydroxylation is 1. The molecule has 0 radical (unpaired) electrons. The van der Waals surface area contributed by atoms with E-state index >= 15 is 0 Å². The number of carbonyl (C=O) groups is 2. The van der Waals surface area contributed by atoms with E-state index < -0.39 is 0 Å². The Hall–Kier alpha value is -2.87. The molecule has 0 aliphatic carbocycles. The SMILES string of the molecule is Cc1nc2cc(NC(=O)C3CN(C(=O)c4cnccn4)C3)ccc2s1. The van der Waals surface area contributed by atoms with E-state index in [4.69, 9.17) is 0 Å². The molecular formula is C17H15N5O2S. The van der Waals surface area contributed by atoms with Crippen molar-refractivity contribution in [3.05, 3.63) is 47.5 Å². The maximum absolute atomic E-state index is 12.3. The number of benzene rings is 1. The summed E-state index contributed by atoms with van der Waals surface area (Å²) in [5.41, 5.74) is 1.90. The van der Waals surface area contributed by atoms with Crippen molar-refractivity contribution < 1.29 is 9.59 Å². The van der Waals surface area contributed by atoms with E-state index in [9.17, 15) is 9.59 Å². The normalized spacial score (nSPS) is 14.4. The van der Waals surface area contributed by atoms with Crippen molar-refractivity contribution in [1.82, 2.24) is 19.9 Å². The van der Waals surface area contributed by atoms with Gasteiger partial charge in [0.1, 0.15) is 5.69 Å². The first-order valence-electron chi connectivity index (χ1n) is 7.83. The summed E-state index contributed by atoms with van der Waals surface area (Å²) < 4.78 is 1.10. The van der Waals surface area contributed by atoms with Crippen molar-refractivity contribution in [2.24, 2.45) is 5.92 Å². The van der Waals surface area contributed by atoms with Gasteiger partial charge in [-0.1, -0.05) is 0 Å². The maximum atomic E-state index is 12.3. The van der Waals surface area contributed by atoms with E-state index in [-0.39, 0.29) is 17.7 Å². The number of nitrogens with zero attached hydrogens (tertiary/aromatic N) is 4. The predicted molar refractivity (Wildman–Crippen MR) is 94.4 cm³/mol. The molecule has 8 heteroatoms. The lowest BCUT2D eigenvalue weighted by molar-refractivity contribution is -0.123. The fraction of sp³-hybridized carbons (Fsp3) is 0.235. The second-order valence-corrected chi connectivity index (χ2v) is 7.14. The third kappa shape index (κ3) is 3.08. The minimum absolute atomic E-state index is 0.0884. The fourth-order valence-electron chi connectivity index (χ4n) is 2.75. The predicted octanol–water partition coefficient (Wildman–Crippen LogP) is 2.11. The molecule has 0 atom stereocenters. The Labute approximate surface area is 147 Å². The first kappa shape index (κ1) is 15.6. The number of thiazole rings is 1. The molecule has 7 nitrogen and oxygen atoms in total. The summed E-state index contributed by atoms with van der Waals surface area (Å²) in [5, 5.41) is 3.90. The highest BCUT2D eigenvalue weighted by Crippen LogP contribution is 2.25. The first-order valence-corrected chi connectivity index (χ1v) is 8.65. The summed E-state index contributed by atoms with van der Waals surface area (Å²) in [4.78, 5) is 38.4. The van der Waals surface area contributed by atoms with Gasteiger partial charge in [0.2, 0.25) is 5.91 Å². The Morgan fingerprint density at radius 2 is 2.12 bits per heavy atom. The van der Waals surface area contributed by atoms with E-state index in [1.54, 1.807) is 16.2 Å². The summed E-state index contributed by atoms with van der Waals surface area (Å²) in [6, 6.07) is 5.71. The van der Waals surface area contributed by atoms with E-state index in [1.165, 1.54) is 18.6 Å². The summed E-state index contributed by atoms with van der Waals surface area (Å²) in [5.74, 6) is -0.500. The minimum atomic E-state index is -0.214. The van der Waals surface area contributed by atoms with Crippen LogP contribution in [0.3, 0.4) is 0 Å². The highest BCUT2D eigenvalue weighted by atomic mass is 32.1. The minimum Gasteiger partial charge on any atom is -0.336 e. The van der Waals surface area contributed by atoms with Crippen molar-refractivity contribution in [1.29, 1.82) is 0 Å². The van der Waals surface area contributed by atoms with Gasteiger partial charge in [-0.2, -0.15) is 0 Å². The number of aromatic nitrogens is 3. The van der Waals surface area contributed by atoms with Crippen LogP contribution in [0.15, 0.2) is 36.8 Å². The molecule has 2 aromatic heterocycles. The van der Waals surface area contributed by atoms with Crippen molar-refractivity contribution >= 4 is 39.1 Å². The van der Waals surface area contributed by atoms with Gasteiger partial charge < -0.3 is 10.2 Å². The zero-order valence-corrected chi connectivity index (χ0v) is 14.3. The molecule has 1 aromatic carbocycles. The molecule has 126 valence electrons. The first-order chi connectivity index (χ1) is 12.1. The summed E-state index contributed by atoms with van der Waals surface area (Å²) in [6.07, 6.45) is 4.43. The van der Waals surface area contributed by atoms with Crippen LogP contribution in [0.5, 0.6) is 0 Å². The molecule has 3 aromatic rings. The number of carbonyl (C=O) groups excluding carboxylic acids is 2. The van der Waals surface area contributed by atoms with Crippen molar-refractivity contribution in [2.75, 3.05) is 18.4 Å². The van der Waals surface area contributed by atoms with Crippen LogP contribution >= 0.6 is 11.3 Å². The quantitative estimate of drug-likeness (QED) is 0.779. The Balaban J connectivity index is 1.37. The molecule has 0 bridgehead atoms. The summed E-state index contributed by atoms with van der Waals surface area (Å²) in [7, 11) is 0. The number of rotatable bonds is 3. The van der Waals surface area contributed by atoms with Crippen molar-refractivity contribution in [3.8, 4) is 0 Å². The van der Waals surface area contributed by atoms with Crippen LogP contribution in [0, 0.1) is 12.8 Å². The third-order valence-corrected chi connectivity index (χ3v) is 5.04. The number of nitrogens with one attached hydrogen (secondary N) is 1. The van der Waals surface area contributed by atoms with E-state index in [1.807, 2.05) is 25.1 Å². The molecule has 1 aliphatic heterocycles. The van der Waals surface area contributed by atoms with Gasteiger partial charge in [-0.15, -0.1) is 11.3 Å². The number of hydrogen-bond donors (Lipinski definition) is 1. The van der Waals surface area contributed by atoms with E-state index in [0.717, 1.165) is 20.9 Å². The van der Waals surface area contributed by atoms with Gasteiger partial charge in [0, 0.05) is 31.2 Å². The number of hydrogen-bond acceptors (Lipinski definition) is 6. The number of fused-ring (bicyclic) bond motifs is 1. The van der Waals surface area contributed by atoms with Gasteiger partial charge in [-0.25, -0.2) is 9.97 Å². The number of anilines is 1. The zero-order valence-electron chi connectivity index (χ0n) is 13.5. The second kappa shape index (κ2) is 6.21. The third-order valence-electron chi connectivity index (χ3n) is 4.08. The highest BCUT2D eigenvalue weighted by molar-refractivity contribution is 7.18. The Morgan fingerprint density at radius 1 is 1.28 bits per heavy atom. The average molecular weight is 353 g/mol. The van der Waals surface area contributed by atoms with Crippen LogP contribution in [0.1, 0.15) is 15.5 Å². The van der Waals surface area contributed by atoms with Crippen LogP contribution in [0.4, 0.5) is 5.69 Å². The smallest absolute Gasteiger partial charge is 0.274 e. The highest BCUT2D eigenvalue weighted by Gasteiger charge is 2.36. The Kier molecular flexibility index (Phi) is 3.89. The largest absolute Gasteiger partial charge is 0.336 e. The molecule has 0 saturated carbocycles. The van der Waals surface area contributed by atoms with Crippen molar-refractivity contribution in [3.63, 3.8) is 0 Å². The van der Waals surface area contributed by atoms with Crippen LogP contribution in [0.25, 0.3) is 10.2 Å². The van der Waals surface area contributed by atoms with Gasteiger partial charge in [-0.3, -0.25) is 14.6 Å². The van der Waals surface area contributed by atoms with E-state index in [0.29, 0.717) is 18.8 Å². The van der Waals surface area contributed by atoms with Crippen LogP contribution < -0.4 is 5.32 Å². The number of amides is 2. The molecular weight excluding hydrogens is 338 g/mol. The van der Waals surface area contributed by atoms with Gasteiger partial charge in [0.25, 0.3) is 5.91 Å².